The Balaban J connectivity index is 2.04. The number of rotatable bonds is 4. The van der Waals surface area contributed by atoms with E-state index in [4.69, 9.17) is 0 Å². The van der Waals surface area contributed by atoms with Crippen LogP contribution in [0.1, 0.15) is 58.2 Å². The molecule has 1 aliphatic heterocycles. The van der Waals surface area contributed by atoms with Crippen LogP contribution in [-0.2, 0) is 5.41 Å². The molecule has 2 heteroatoms. The van der Waals surface area contributed by atoms with Crippen LogP contribution in [0, 0.1) is 5.41 Å². The normalized spacial score (nSPS) is 20.7. The number of nitrogens with zero attached hydrogens (tertiary/aromatic N) is 1. The zero-order valence-corrected chi connectivity index (χ0v) is 14.7. The Morgan fingerprint density at radius 3 is 2.24 bits per heavy atom. The predicted octanol–water partition coefficient (Wildman–Crippen LogP) is 3.98. The fourth-order valence-electron chi connectivity index (χ4n) is 3.22. The van der Waals surface area contributed by atoms with Gasteiger partial charge in [0.25, 0.3) is 0 Å². The molecule has 2 nitrogen and oxygen atoms in total. The van der Waals surface area contributed by atoms with Crippen LogP contribution in [0.3, 0.4) is 0 Å². The molecule has 1 atom stereocenters. The van der Waals surface area contributed by atoms with Crippen molar-refractivity contribution in [2.75, 3.05) is 26.7 Å². The summed E-state index contributed by atoms with van der Waals surface area (Å²) in [5, 5.41) is 3.49. The molecule has 1 saturated heterocycles. The molecular weight excluding hydrogens is 256 g/mol. The first-order chi connectivity index (χ1) is 9.71. The fraction of sp³-hybridized carbons (Fsp3) is 0.684. The average molecular weight is 288 g/mol. The fourth-order valence-corrected chi connectivity index (χ4v) is 3.22. The molecule has 0 aromatic heterocycles. The number of likely N-dealkylation sites (tertiary alicyclic amines) is 1. The van der Waals surface area contributed by atoms with E-state index in [9.17, 15) is 0 Å². The van der Waals surface area contributed by atoms with E-state index in [-0.39, 0.29) is 5.41 Å². The van der Waals surface area contributed by atoms with E-state index in [0.29, 0.717) is 11.5 Å². The van der Waals surface area contributed by atoms with Crippen LogP contribution in [0.5, 0.6) is 0 Å². The average Bonchev–Trinajstić information content (AvgIpc) is 2.74. The first-order valence-corrected chi connectivity index (χ1v) is 8.21. The maximum absolute atomic E-state index is 3.49. The number of nitrogens with one attached hydrogen (secondary N) is 1. The summed E-state index contributed by atoms with van der Waals surface area (Å²) < 4.78 is 0. The number of likely N-dealkylation sites (N-methyl/N-ethyl adjacent to an activating group) is 1. The van der Waals surface area contributed by atoms with Crippen molar-refractivity contribution in [2.45, 2.75) is 52.5 Å². The SMILES string of the molecule is CNC(CN1CCC(C)(C)C1)c1ccc(C(C)(C)C)cc1. The molecule has 1 aromatic carbocycles. The van der Waals surface area contributed by atoms with Crippen molar-refractivity contribution in [2.24, 2.45) is 5.41 Å². The molecule has 0 radical (unpaired) electrons. The molecule has 2 rings (SSSR count). The zero-order valence-electron chi connectivity index (χ0n) is 14.7. The molecule has 0 spiro atoms. The second-order valence-electron chi connectivity index (χ2n) is 8.36. The third-order valence-corrected chi connectivity index (χ3v) is 4.72. The molecule has 0 aliphatic carbocycles. The van der Waals surface area contributed by atoms with E-state index in [0.717, 1.165) is 6.54 Å². The predicted molar refractivity (Wildman–Crippen MR) is 91.8 cm³/mol. The molecule has 21 heavy (non-hydrogen) atoms. The van der Waals surface area contributed by atoms with Gasteiger partial charge in [0.05, 0.1) is 0 Å². The molecule has 118 valence electrons. The molecule has 1 aromatic rings. The van der Waals surface area contributed by atoms with Crippen molar-refractivity contribution < 1.29 is 0 Å². The number of hydrogen-bond donors (Lipinski definition) is 1. The van der Waals surface area contributed by atoms with Gasteiger partial charge in [-0.1, -0.05) is 58.9 Å². The van der Waals surface area contributed by atoms with Crippen molar-refractivity contribution in [3.8, 4) is 0 Å². The summed E-state index contributed by atoms with van der Waals surface area (Å²) in [6.07, 6.45) is 1.31. The Morgan fingerprint density at radius 2 is 1.81 bits per heavy atom. The van der Waals surface area contributed by atoms with Gasteiger partial charge in [-0.15, -0.1) is 0 Å². The summed E-state index contributed by atoms with van der Waals surface area (Å²) >= 11 is 0. The summed E-state index contributed by atoms with van der Waals surface area (Å²) in [6, 6.07) is 9.58. The number of hydrogen-bond acceptors (Lipinski definition) is 2. The minimum atomic E-state index is 0.229. The monoisotopic (exact) mass is 288 g/mol. The van der Waals surface area contributed by atoms with Crippen molar-refractivity contribution in [3.63, 3.8) is 0 Å². The van der Waals surface area contributed by atoms with E-state index in [1.54, 1.807) is 0 Å². The van der Waals surface area contributed by atoms with E-state index in [2.05, 4.69) is 76.1 Å². The first kappa shape index (κ1) is 16.5. The zero-order chi connectivity index (χ0) is 15.7. The Kier molecular flexibility index (Phi) is 4.79. The quantitative estimate of drug-likeness (QED) is 0.901. The first-order valence-electron chi connectivity index (χ1n) is 8.21. The summed E-state index contributed by atoms with van der Waals surface area (Å²) in [7, 11) is 2.07. The van der Waals surface area contributed by atoms with Crippen LogP contribution in [-0.4, -0.2) is 31.6 Å². The van der Waals surface area contributed by atoms with E-state index >= 15 is 0 Å². The molecule has 1 aliphatic rings. The lowest BCUT2D eigenvalue weighted by Gasteiger charge is -2.26. The third-order valence-electron chi connectivity index (χ3n) is 4.72. The van der Waals surface area contributed by atoms with Crippen LogP contribution in [0.25, 0.3) is 0 Å². The van der Waals surface area contributed by atoms with Crippen LogP contribution < -0.4 is 5.32 Å². The van der Waals surface area contributed by atoms with Crippen LogP contribution in [0.2, 0.25) is 0 Å². The molecular formula is C19H32N2. The highest BCUT2D eigenvalue weighted by Gasteiger charge is 2.30. The van der Waals surface area contributed by atoms with Gasteiger partial charge in [-0.25, -0.2) is 0 Å². The minimum absolute atomic E-state index is 0.229. The van der Waals surface area contributed by atoms with Crippen LogP contribution >= 0.6 is 0 Å². The Morgan fingerprint density at radius 1 is 1.19 bits per heavy atom. The highest BCUT2D eigenvalue weighted by atomic mass is 15.2. The van der Waals surface area contributed by atoms with Gasteiger partial charge >= 0.3 is 0 Å². The van der Waals surface area contributed by atoms with Gasteiger partial charge in [0.2, 0.25) is 0 Å². The molecule has 1 heterocycles. The Labute approximate surface area is 130 Å². The van der Waals surface area contributed by atoms with E-state index in [1.165, 1.54) is 30.6 Å². The van der Waals surface area contributed by atoms with Gasteiger partial charge in [-0.05, 0) is 42.0 Å². The standard InChI is InChI=1S/C19H32N2/c1-18(2,3)16-9-7-15(8-10-16)17(20-6)13-21-12-11-19(4,5)14-21/h7-10,17,20H,11-14H2,1-6H3. The van der Waals surface area contributed by atoms with Crippen molar-refractivity contribution in [3.05, 3.63) is 35.4 Å². The van der Waals surface area contributed by atoms with Crippen LogP contribution in [0.15, 0.2) is 24.3 Å². The lowest BCUT2D eigenvalue weighted by Crippen LogP contribution is -2.33. The van der Waals surface area contributed by atoms with Crippen molar-refractivity contribution in [1.82, 2.24) is 10.2 Å². The van der Waals surface area contributed by atoms with Gasteiger partial charge in [0, 0.05) is 19.1 Å². The molecule has 1 fully saturated rings. The summed E-state index contributed by atoms with van der Waals surface area (Å²) in [6.45, 7) is 15.1. The third kappa shape index (κ3) is 4.31. The van der Waals surface area contributed by atoms with Crippen LogP contribution in [0.4, 0.5) is 0 Å². The number of benzene rings is 1. The molecule has 0 saturated carbocycles. The second-order valence-corrected chi connectivity index (χ2v) is 8.36. The van der Waals surface area contributed by atoms with E-state index < -0.39 is 0 Å². The lowest BCUT2D eigenvalue weighted by atomic mass is 9.86. The Bertz CT molecular complexity index is 453. The largest absolute Gasteiger partial charge is 0.312 e. The summed E-state index contributed by atoms with van der Waals surface area (Å²) in [5.74, 6) is 0. The minimum Gasteiger partial charge on any atom is -0.312 e. The van der Waals surface area contributed by atoms with E-state index in [1.807, 2.05) is 0 Å². The highest BCUT2D eigenvalue weighted by molar-refractivity contribution is 5.29. The van der Waals surface area contributed by atoms with Gasteiger partial charge in [-0.2, -0.15) is 0 Å². The van der Waals surface area contributed by atoms with Crippen molar-refractivity contribution in [1.29, 1.82) is 0 Å². The molecule has 0 amide bonds. The van der Waals surface area contributed by atoms with Gasteiger partial charge in [0.1, 0.15) is 0 Å². The summed E-state index contributed by atoms with van der Waals surface area (Å²) in [5.41, 5.74) is 3.51. The van der Waals surface area contributed by atoms with Gasteiger partial charge in [0.15, 0.2) is 0 Å². The Hall–Kier alpha value is -0.860. The smallest absolute Gasteiger partial charge is 0.0446 e. The topological polar surface area (TPSA) is 15.3 Å². The molecule has 1 N–H and O–H groups in total. The highest BCUT2D eigenvalue weighted by Crippen LogP contribution is 2.30. The second kappa shape index (κ2) is 6.10. The molecule has 0 bridgehead atoms. The lowest BCUT2D eigenvalue weighted by molar-refractivity contribution is 0.265. The maximum Gasteiger partial charge on any atom is 0.0446 e. The van der Waals surface area contributed by atoms with Gasteiger partial charge in [-0.3, -0.25) is 0 Å². The summed E-state index contributed by atoms with van der Waals surface area (Å²) in [4.78, 5) is 2.60. The van der Waals surface area contributed by atoms with Gasteiger partial charge < -0.3 is 10.2 Å². The van der Waals surface area contributed by atoms with Crippen molar-refractivity contribution >= 4 is 0 Å². The maximum atomic E-state index is 3.49. The molecule has 1 unspecified atom stereocenters.